The van der Waals surface area contributed by atoms with Crippen molar-refractivity contribution in [2.75, 3.05) is 0 Å². The third-order valence-corrected chi connectivity index (χ3v) is 3.33. The number of hydrogen-bond donors (Lipinski definition) is 1. The number of hydrogen-bond acceptors (Lipinski definition) is 4. The third-order valence-electron chi connectivity index (χ3n) is 3.08. The number of nitrogens with zero attached hydrogens (tertiary/aromatic N) is 2. The fourth-order valence-electron chi connectivity index (χ4n) is 1.90. The van der Waals surface area contributed by atoms with Gasteiger partial charge in [0.15, 0.2) is 0 Å². The summed E-state index contributed by atoms with van der Waals surface area (Å²) in [5.74, 6) is -0.0247. The number of halogens is 2. The molecule has 0 aliphatic rings. The quantitative estimate of drug-likeness (QED) is 0.795. The number of nitrogens with one attached hydrogen (secondary N) is 1. The maximum absolute atomic E-state index is 12.9. The molecule has 0 spiro atoms. The number of carbonyl (C=O) groups is 1. The van der Waals surface area contributed by atoms with Crippen LogP contribution in [0.5, 0.6) is 0 Å². The van der Waals surface area contributed by atoms with Gasteiger partial charge in [-0.15, -0.1) is 0 Å². The van der Waals surface area contributed by atoms with Crippen LogP contribution in [0.3, 0.4) is 0 Å². The molecular formula is C16H11ClFN3O2. The first kappa shape index (κ1) is 15.2. The minimum atomic E-state index is -0.340. The molecule has 5 nitrogen and oxygen atoms in total. The predicted molar refractivity (Wildman–Crippen MR) is 82.3 cm³/mol. The Balaban J connectivity index is 1.64. The highest BCUT2D eigenvalue weighted by Gasteiger charge is 2.11. The lowest BCUT2D eigenvalue weighted by molar-refractivity contribution is 0.0946. The molecule has 0 unspecified atom stereocenters. The second-order valence-electron chi connectivity index (χ2n) is 4.71. The average molecular weight is 332 g/mol. The van der Waals surface area contributed by atoms with E-state index in [1.165, 1.54) is 12.1 Å². The van der Waals surface area contributed by atoms with Crippen molar-refractivity contribution in [3.05, 3.63) is 70.8 Å². The van der Waals surface area contributed by atoms with Crippen molar-refractivity contribution in [3.63, 3.8) is 0 Å². The van der Waals surface area contributed by atoms with Crippen molar-refractivity contribution in [2.24, 2.45) is 0 Å². The van der Waals surface area contributed by atoms with Gasteiger partial charge in [-0.25, -0.2) is 4.39 Å². The molecule has 0 fully saturated rings. The van der Waals surface area contributed by atoms with Crippen LogP contribution in [0.1, 0.15) is 16.2 Å². The molecule has 0 bridgehead atoms. The summed E-state index contributed by atoms with van der Waals surface area (Å²) in [5.41, 5.74) is 1.11. The summed E-state index contributed by atoms with van der Waals surface area (Å²) >= 11 is 5.77. The van der Waals surface area contributed by atoms with E-state index >= 15 is 0 Å². The van der Waals surface area contributed by atoms with Crippen LogP contribution < -0.4 is 5.32 Å². The van der Waals surface area contributed by atoms with Crippen molar-refractivity contribution in [2.45, 2.75) is 6.54 Å². The monoisotopic (exact) mass is 331 g/mol. The van der Waals surface area contributed by atoms with Crippen molar-refractivity contribution >= 4 is 17.5 Å². The molecule has 1 amide bonds. The van der Waals surface area contributed by atoms with E-state index in [9.17, 15) is 9.18 Å². The van der Waals surface area contributed by atoms with E-state index in [0.29, 0.717) is 22.0 Å². The number of benzene rings is 2. The van der Waals surface area contributed by atoms with Crippen LogP contribution in [-0.4, -0.2) is 16.0 Å². The van der Waals surface area contributed by atoms with Gasteiger partial charge in [0.1, 0.15) is 5.82 Å². The molecule has 1 N–H and O–H groups in total. The van der Waals surface area contributed by atoms with E-state index in [-0.39, 0.29) is 24.2 Å². The Kier molecular flexibility index (Phi) is 4.34. The zero-order valence-corrected chi connectivity index (χ0v) is 12.5. The van der Waals surface area contributed by atoms with Gasteiger partial charge in [0, 0.05) is 16.1 Å². The maximum Gasteiger partial charge on any atom is 0.251 e. The second-order valence-corrected chi connectivity index (χ2v) is 5.14. The Labute approximate surface area is 136 Å². The zero-order chi connectivity index (χ0) is 16.2. The lowest BCUT2D eigenvalue weighted by atomic mass is 10.2. The Morgan fingerprint density at radius 3 is 2.52 bits per heavy atom. The van der Waals surface area contributed by atoms with E-state index < -0.39 is 0 Å². The zero-order valence-electron chi connectivity index (χ0n) is 11.8. The molecule has 0 atom stereocenters. The van der Waals surface area contributed by atoms with Crippen LogP contribution in [0.25, 0.3) is 11.4 Å². The molecule has 116 valence electrons. The number of aromatic nitrogens is 2. The highest BCUT2D eigenvalue weighted by molar-refractivity contribution is 6.30. The molecule has 1 heterocycles. The minimum absolute atomic E-state index is 0.0929. The summed E-state index contributed by atoms with van der Waals surface area (Å²) in [6, 6.07) is 12.2. The average Bonchev–Trinajstić information content (AvgIpc) is 3.03. The van der Waals surface area contributed by atoms with Gasteiger partial charge in [-0.05, 0) is 48.5 Å². The van der Waals surface area contributed by atoms with Crippen LogP contribution in [0.15, 0.2) is 53.1 Å². The van der Waals surface area contributed by atoms with E-state index in [4.69, 9.17) is 16.1 Å². The third kappa shape index (κ3) is 3.73. The first-order chi connectivity index (χ1) is 11.1. The Morgan fingerprint density at radius 1 is 1.13 bits per heavy atom. The molecule has 7 heteroatoms. The van der Waals surface area contributed by atoms with Crippen LogP contribution in [-0.2, 0) is 6.54 Å². The summed E-state index contributed by atoms with van der Waals surface area (Å²) in [4.78, 5) is 16.1. The van der Waals surface area contributed by atoms with Gasteiger partial charge in [-0.2, -0.15) is 4.98 Å². The summed E-state index contributed by atoms with van der Waals surface area (Å²) < 4.78 is 17.9. The largest absolute Gasteiger partial charge is 0.343 e. The normalized spacial score (nSPS) is 10.5. The van der Waals surface area contributed by atoms with E-state index in [1.807, 2.05) is 0 Å². The van der Waals surface area contributed by atoms with E-state index in [1.54, 1.807) is 36.4 Å². The molecule has 3 rings (SSSR count). The lowest BCUT2D eigenvalue weighted by Crippen LogP contribution is -2.22. The summed E-state index contributed by atoms with van der Waals surface area (Å²) in [6.07, 6.45) is 0. The summed E-state index contributed by atoms with van der Waals surface area (Å²) in [6.45, 7) is 0.0929. The Bertz CT molecular complexity index is 816. The number of carbonyl (C=O) groups excluding carboxylic acids is 1. The minimum Gasteiger partial charge on any atom is -0.343 e. The highest BCUT2D eigenvalue weighted by Crippen LogP contribution is 2.16. The first-order valence-electron chi connectivity index (χ1n) is 6.74. The van der Waals surface area contributed by atoms with Crippen LogP contribution in [0.2, 0.25) is 5.02 Å². The number of amides is 1. The van der Waals surface area contributed by atoms with Crippen molar-refractivity contribution < 1.29 is 13.7 Å². The topological polar surface area (TPSA) is 68.0 Å². The van der Waals surface area contributed by atoms with Crippen LogP contribution >= 0.6 is 11.6 Å². The molecule has 0 radical (unpaired) electrons. The second kappa shape index (κ2) is 6.58. The molecule has 1 aromatic heterocycles. The van der Waals surface area contributed by atoms with Crippen LogP contribution in [0, 0.1) is 5.82 Å². The molecular weight excluding hydrogens is 321 g/mol. The van der Waals surface area contributed by atoms with Crippen LogP contribution in [0.4, 0.5) is 4.39 Å². The van der Waals surface area contributed by atoms with Gasteiger partial charge >= 0.3 is 0 Å². The Hall–Kier alpha value is -2.73. The van der Waals surface area contributed by atoms with Gasteiger partial charge in [0.05, 0.1) is 6.54 Å². The van der Waals surface area contributed by atoms with E-state index in [0.717, 1.165) is 0 Å². The molecule has 0 aliphatic carbocycles. The summed E-state index contributed by atoms with van der Waals surface area (Å²) in [5, 5.41) is 7.03. The van der Waals surface area contributed by atoms with E-state index in [2.05, 4.69) is 15.5 Å². The van der Waals surface area contributed by atoms with Gasteiger partial charge in [-0.3, -0.25) is 4.79 Å². The maximum atomic E-state index is 12.9. The SMILES string of the molecule is O=C(NCc1nc(-c2ccc(F)cc2)no1)c1ccc(Cl)cc1. The molecule has 3 aromatic rings. The van der Waals surface area contributed by atoms with Gasteiger partial charge in [0.2, 0.25) is 11.7 Å². The predicted octanol–water partition coefficient (Wildman–Crippen LogP) is 3.46. The summed E-state index contributed by atoms with van der Waals surface area (Å²) in [7, 11) is 0. The fraction of sp³-hybridized carbons (Fsp3) is 0.0625. The first-order valence-corrected chi connectivity index (χ1v) is 7.12. The van der Waals surface area contributed by atoms with Gasteiger partial charge in [-0.1, -0.05) is 16.8 Å². The molecule has 0 saturated carbocycles. The fourth-order valence-corrected chi connectivity index (χ4v) is 2.03. The number of rotatable bonds is 4. The standard InChI is InChI=1S/C16H11ClFN3O2/c17-12-5-1-11(2-6-12)16(22)19-9-14-20-15(21-23-14)10-3-7-13(18)8-4-10/h1-8H,9H2,(H,19,22). The molecule has 23 heavy (non-hydrogen) atoms. The van der Waals surface area contributed by atoms with Crippen molar-refractivity contribution in [1.82, 2.24) is 15.5 Å². The van der Waals surface area contributed by atoms with Gasteiger partial charge in [0.25, 0.3) is 5.91 Å². The molecule has 0 aliphatic heterocycles. The smallest absolute Gasteiger partial charge is 0.251 e. The van der Waals surface area contributed by atoms with Gasteiger partial charge < -0.3 is 9.84 Å². The molecule has 0 saturated heterocycles. The van der Waals surface area contributed by atoms with Crippen molar-refractivity contribution in [1.29, 1.82) is 0 Å². The molecule has 2 aromatic carbocycles. The Morgan fingerprint density at radius 2 is 1.83 bits per heavy atom. The lowest BCUT2D eigenvalue weighted by Gasteiger charge is -2.02. The highest BCUT2D eigenvalue weighted by atomic mass is 35.5. The van der Waals surface area contributed by atoms with Crippen molar-refractivity contribution in [3.8, 4) is 11.4 Å².